The minimum atomic E-state index is -1.34. The SMILES string of the molecule is CC(C)CC(NC(=O)C(Cc1ccccc1)NC(=O)C(CO)NC(=O)C(N)CS)C(=O)O. The number of rotatable bonds is 13. The van der Waals surface area contributed by atoms with Gasteiger partial charge in [-0.25, -0.2) is 4.79 Å². The lowest BCUT2D eigenvalue weighted by Gasteiger charge is -2.25. The summed E-state index contributed by atoms with van der Waals surface area (Å²) in [6, 6.07) is 4.26. The van der Waals surface area contributed by atoms with Crippen LogP contribution >= 0.6 is 12.6 Å². The zero-order chi connectivity index (χ0) is 24.3. The van der Waals surface area contributed by atoms with Crippen LogP contribution in [0, 0.1) is 5.92 Å². The van der Waals surface area contributed by atoms with Gasteiger partial charge in [-0.3, -0.25) is 14.4 Å². The van der Waals surface area contributed by atoms with Gasteiger partial charge in [0, 0.05) is 12.2 Å². The highest BCUT2D eigenvalue weighted by Crippen LogP contribution is 2.08. The largest absolute Gasteiger partial charge is 0.480 e. The van der Waals surface area contributed by atoms with Gasteiger partial charge in [-0.2, -0.15) is 12.6 Å². The molecule has 0 bridgehead atoms. The Balaban J connectivity index is 3.01. The van der Waals surface area contributed by atoms with Crippen LogP contribution in [0.5, 0.6) is 0 Å². The summed E-state index contributed by atoms with van der Waals surface area (Å²) in [4.78, 5) is 49.1. The summed E-state index contributed by atoms with van der Waals surface area (Å²) in [5.74, 6) is -3.30. The number of carbonyl (C=O) groups excluding carboxylic acids is 3. The van der Waals surface area contributed by atoms with Gasteiger partial charge in [0.15, 0.2) is 0 Å². The zero-order valence-corrected chi connectivity index (χ0v) is 19.0. The molecule has 4 unspecified atom stereocenters. The molecule has 0 aliphatic rings. The molecular weight excluding hydrogens is 436 g/mol. The van der Waals surface area contributed by atoms with E-state index >= 15 is 0 Å². The molecule has 4 atom stereocenters. The van der Waals surface area contributed by atoms with E-state index in [-0.39, 0.29) is 24.5 Å². The van der Waals surface area contributed by atoms with Crippen molar-refractivity contribution in [1.82, 2.24) is 16.0 Å². The molecule has 0 fully saturated rings. The van der Waals surface area contributed by atoms with Crippen molar-refractivity contribution in [2.24, 2.45) is 11.7 Å². The molecule has 178 valence electrons. The minimum absolute atomic E-state index is 0.0172. The Kier molecular flexibility index (Phi) is 11.7. The highest BCUT2D eigenvalue weighted by molar-refractivity contribution is 7.80. The van der Waals surface area contributed by atoms with E-state index in [1.807, 2.05) is 13.8 Å². The fourth-order valence-electron chi connectivity index (χ4n) is 2.85. The molecule has 0 radical (unpaired) electrons. The summed E-state index contributed by atoms with van der Waals surface area (Å²) in [6.07, 6.45) is 0.290. The number of amides is 3. The van der Waals surface area contributed by atoms with E-state index in [0.29, 0.717) is 0 Å². The van der Waals surface area contributed by atoms with Gasteiger partial charge in [0.1, 0.15) is 18.1 Å². The van der Waals surface area contributed by atoms with Crippen molar-refractivity contribution >= 4 is 36.3 Å². The van der Waals surface area contributed by atoms with Gasteiger partial charge < -0.3 is 31.9 Å². The zero-order valence-electron chi connectivity index (χ0n) is 18.2. The first-order chi connectivity index (χ1) is 15.1. The van der Waals surface area contributed by atoms with Gasteiger partial charge in [0.2, 0.25) is 17.7 Å². The van der Waals surface area contributed by atoms with E-state index in [4.69, 9.17) is 5.73 Å². The van der Waals surface area contributed by atoms with Crippen molar-refractivity contribution in [3.8, 4) is 0 Å². The molecule has 0 aromatic heterocycles. The van der Waals surface area contributed by atoms with Crippen molar-refractivity contribution < 1.29 is 29.4 Å². The lowest BCUT2D eigenvalue weighted by molar-refractivity contribution is -0.142. The molecule has 0 aliphatic heterocycles. The van der Waals surface area contributed by atoms with E-state index < -0.39 is 54.5 Å². The highest BCUT2D eigenvalue weighted by Gasteiger charge is 2.30. The van der Waals surface area contributed by atoms with Crippen LogP contribution in [0.3, 0.4) is 0 Å². The third-order valence-corrected chi connectivity index (χ3v) is 4.98. The number of nitrogens with two attached hydrogens (primary N) is 1. The molecule has 0 spiro atoms. The van der Waals surface area contributed by atoms with Crippen LogP contribution in [0.25, 0.3) is 0 Å². The van der Waals surface area contributed by atoms with Gasteiger partial charge in [-0.1, -0.05) is 44.2 Å². The molecule has 11 heteroatoms. The summed E-state index contributed by atoms with van der Waals surface area (Å²) in [7, 11) is 0. The summed E-state index contributed by atoms with van der Waals surface area (Å²) < 4.78 is 0. The van der Waals surface area contributed by atoms with Crippen molar-refractivity contribution in [3.63, 3.8) is 0 Å². The van der Waals surface area contributed by atoms with Crippen LogP contribution < -0.4 is 21.7 Å². The van der Waals surface area contributed by atoms with Crippen LogP contribution in [0.1, 0.15) is 25.8 Å². The second kappa shape index (κ2) is 13.7. The van der Waals surface area contributed by atoms with Crippen LogP contribution in [0.15, 0.2) is 30.3 Å². The van der Waals surface area contributed by atoms with Crippen LogP contribution in [-0.2, 0) is 25.6 Å². The number of carbonyl (C=O) groups is 4. The van der Waals surface area contributed by atoms with Gasteiger partial charge >= 0.3 is 5.97 Å². The van der Waals surface area contributed by atoms with Gasteiger partial charge in [-0.05, 0) is 17.9 Å². The highest BCUT2D eigenvalue weighted by atomic mass is 32.1. The van der Waals surface area contributed by atoms with Crippen molar-refractivity contribution in [3.05, 3.63) is 35.9 Å². The molecule has 0 saturated carbocycles. The van der Waals surface area contributed by atoms with Crippen molar-refractivity contribution in [2.75, 3.05) is 12.4 Å². The van der Waals surface area contributed by atoms with Crippen LogP contribution in [0.4, 0.5) is 0 Å². The average molecular weight is 469 g/mol. The number of nitrogens with one attached hydrogen (secondary N) is 3. The molecule has 0 saturated heterocycles. The maximum atomic E-state index is 12.9. The Morgan fingerprint density at radius 3 is 1.97 bits per heavy atom. The molecule has 1 aromatic carbocycles. The van der Waals surface area contributed by atoms with Crippen molar-refractivity contribution in [2.45, 2.75) is 50.9 Å². The van der Waals surface area contributed by atoms with Crippen LogP contribution in [-0.4, -0.2) is 70.4 Å². The first-order valence-corrected chi connectivity index (χ1v) is 10.9. The third-order valence-electron chi connectivity index (χ3n) is 4.59. The molecule has 32 heavy (non-hydrogen) atoms. The van der Waals surface area contributed by atoms with Gasteiger partial charge in [-0.15, -0.1) is 0 Å². The van der Waals surface area contributed by atoms with Crippen LogP contribution in [0.2, 0.25) is 0 Å². The third kappa shape index (κ3) is 9.25. The molecule has 1 aromatic rings. The molecule has 7 N–H and O–H groups in total. The number of aliphatic carboxylic acids is 1. The summed E-state index contributed by atoms with van der Waals surface area (Å²) in [6.45, 7) is 2.94. The summed E-state index contributed by atoms with van der Waals surface area (Å²) in [5.41, 5.74) is 6.30. The van der Waals surface area contributed by atoms with E-state index in [0.717, 1.165) is 5.56 Å². The predicted octanol–water partition coefficient (Wildman–Crippen LogP) is -0.936. The lowest BCUT2D eigenvalue weighted by Crippen LogP contribution is -2.58. The standard InChI is InChI=1S/C21H32N4O6S/c1-12(2)8-16(21(30)31)24-19(28)15(9-13-6-4-3-5-7-13)23-20(29)17(10-26)25-18(27)14(22)11-32/h3-7,12,14-17,26,32H,8-11,22H2,1-2H3,(H,23,29)(H,24,28)(H,25,27)(H,30,31). The normalized spacial score (nSPS) is 14.7. The van der Waals surface area contributed by atoms with Gasteiger partial charge in [0.25, 0.3) is 0 Å². The predicted molar refractivity (Wildman–Crippen MR) is 122 cm³/mol. The molecule has 0 aliphatic carbocycles. The number of aliphatic hydroxyl groups excluding tert-OH is 1. The first-order valence-electron chi connectivity index (χ1n) is 10.2. The minimum Gasteiger partial charge on any atom is -0.480 e. The number of hydrogen-bond acceptors (Lipinski definition) is 7. The number of carboxylic acid groups (broad SMARTS) is 1. The smallest absolute Gasteiger partial charge is 0.326 e. The quantitative estimate of drug-likeness (QED) is 0.183. The average Bonchev–Trinajstić information content (AvgIpc) is 2.75. The van der Waals surface area contributed by atoms with Crippen molar-refractivity contribution in [1.29, 1.82) is 0 Å². The molecule has 3 amide bonds. The van der Waals surface area contributed by atoms with E-state index in [1.165, 1.54) is 0 Å². The second-order valence-corrected chi connectivity index (χ2v) is 8.18. The number of aliphatic hydroxyl groups is 1. The second-order valence-electron chi connectivity index (χ2n) is 7.81. The Hall–Kier alpha value is -2.63. The molecule has 10 nitrogen and oxygen atoms in total. The van der Waals surface area contributed by atoms with Gasteiger partial charge in [0.05, 0.1) is 12.6 Å². The maximum Gasteiger partial charge on any atom is 0.326 e. The number of benzene rings is 1. The Morgan fingerprint density at radius 2 is 1.47 bits per heavy atom. The fraction of sp³-hybridized carbons (Fsp3) is 0.524. The number of thiol groups is 1. The maximum absolute atomic E-state index is 12.9. The Morgan fingerprint density at radius 1 is 0.938 bits per heavy atom. The fourth-order valence-corrected chi connectivity index (χ4v) is 3.02. The molecular formula is C21H32N4O6S. The molecule has 1 rings (SSSR count). The van der Waals surface area contributed by atoms with E-state index in [1.54, 1.807) is 30.3 Å². The van der Waals surface area contributed by atoms with E-state index in [2.05, 4.69) is 28.6 Å². The molecule has 0 heterocycles. The summed E-state index contributed by atoms with van der Waals surface area (Å²) >= 11 is 3.92. The number of carboxylic acids is 1. The first kappa shape index (κ1) is 27.4. The number of hydrogen-bond donors (Lipinski definition) is 7. The van der Waals surface area contributed by atoms with E-state index in [9.17, 15) is 29.4 Å². The lowest BCUT2D eigenvalue weighted by atomic mass is 10.0. The topological polar surface area (TPSA) is 171 Å². The summed E-state index contributed by atoms with van der Waals surface area (Å²) in [5, 5.41) is 26.2. The monoisotopic (exact) mass is 468 g/mol. The Labute approximate surface area is 192 Å². The Bertz CT molecular complexity index is 777.